The molecule has 0 saturated carbocycles. The first-order valence-electron chi connectivity index (χ1n) is 6.31. The first-order valence-corrected chi connectivity index (χ1v) is 6.31. The summed E-state index contributed by atoms with van der Waals surface area (Å²) in [6.45, 7) is 4.19. The van der Waals surface area contributed by atoms with Gasteiger partial charge in [-0.2, -0.15) is 0 Å². The van der Waals surface area contributed by atoms with Gasteiger partial charge in [-0.25, -0.2) is 9.78 Å². The molecule has 1 N–H and O–H groups in total. The third-order valence-electron chi connectivity index (χ3n) is 3.00. The third kappa shape index (κ3) is 2.54. The van der Waals surface area contributed by atoms with E-state index in [9.17, 15) is 9.90 Å². The summed E-state index contributed by atoms with van der Waals surface area (Å²) in [6, 6.07) is 3.72. The molecule has 0 amide bonds. The molecule has 102 valence electrons. The van der Waals surface area contributed by atoms with Gasteiger partial charge in [0.15, 0.2) is 5.69 Å². The number of carboxylic acids is 1. The van der Waals surface area contributed by atoms with Gasteiger partial charge in [0.25, 0.3) is 0 Å². The van der Waals surface area contributed by atoms with Crippen LogP contribution in [0.5, 0.6) is 0 Å². The molecule has 2 heterocycles. The maximum absolute atomic E-state index is 11.2. The molecule has 2 aromatic heterocycles. The van der Waals surface area contributed by atoms with Gasteiger partial charge in [0.1, 0.15) is 5.82 Å². The van der Waals surface area contributed by atoms with Gasteiger partial charge in [0.05, 0.1) is 11.2 Å². The summed E-state index contributed by atoms with van der Waals surface area (Å²) in [7, 11) is 3.91. The molecule has 0 aliphatic heterocycles. The number of aromatic nitrogens is 2. The lowest BCUT2D eigenvalue weighted by molar-refractivity contribution is 0.0693. The normalized spacial score (nSPS) is 11.2. The summed E-state index contributed by atoms with van der Waals surface area (Å²) < 4.78 is 1.89. The lowest BCUT2D eigenvalue weighted by Gasteiger charge is -2.13. The fraction of sp³-hybridized carbons (Fsp3) is 0.429. The van der Waals surface area contributed by atoms with Crippen molar-refractivity contribution in [3.63, 3.8) is 0 Å². The minimum Gasteiger partial charge on any atom is -0.476 e. The summed E-state index contributed by atoms with van der Waals surface area (Å²) >= 11 is 0. The SMILES string of the molecule is CC(C)Cc1nc(C(=O)O)c2ccc(N(C)C)cn12. The summed E-state index contributed by atoms with van der Waals surface area (Å²) in [5.74, 6) is 0.242. The van der Waals surface area contributed by atoms with Crippen molar-refractivity contribution in [3.8, 4) is 0 Å². The summed E-state index contributed by atoms with van der Waals surface area (Å²) in [5.41, 5.74) is 1.79. The zero-order valence-corrected chi connectivity index (χ0v) is 11.7. The van der Waals surface area contributed by atoms with Gasteiger partial charge >= 0.3 is 5.97 Å². The number of anilines is 1. The van der Waals surface area contributed by atoms with Gasteiger partial charge in [0.2, 0.25) is 0 Å². The van der Waals surface area contributed by atoms with Crippen LogP contribution in [0, 0.1) is 5.92 Å². The first kappa shape index (κ1) is 13.4. The molecule has 0 unspecified atom stereocenters. The van der Waals surface area contributed by atoms with Crippen molar-refractivity contribution in [2.24, 2.45) is 5.92 Å². The van der Waals surface area contributed by atoms with Gasteiger partial charge in [-0.1, -0.05) is 13.8 Å². The van der Waals surface area contributed by atoms with Crippen LogP contribution in [0.2, 0.25) is 0 Å². The number of carboxylic acid groups (broad SMARTS) is 1. The van der Waals surface area contributed by atoms with E-state index < -0.39 is 5.97 Å². The fourth-order valence-electron chi connectivity index (χ4n) is 2.07. The van der Waals surface area contributed by atoms with E-state index >= 15 is 0 Å². The molecule has 0 aliphatic rings. The van der Waals surface area contributed by atoms with Crippen molar-refractivity contribution in [2.75, 3.05) is 19.0 Å². The lowest BCUT2D eigenvalue weighted by atomic mass is 10.1. The van der Waals surface area contributed by atoms with E-state index in [2.05, 4.69) is 18.8 Å². The quantitative estimate of drug-likeness (QED) is 0.917. The van der Waals surface area contributed by atoms with E-state index in [1.165, 1.54) is 0 Å². The van der Waals surface area contributed by atoms with Gasteiger partial charge in [0, 0.05) is 26.7 Å². The molecule has 0 radical (unpaired) electrons. The monoisotopic (exact) mass is 261 g/mol. The number of pyridine rings is 1. The Bertz CT molecular complexity index is 614. The van der Waals surface area contributed by atoms with E-state index in [0.717, 1.165) is 17.9 Å². The van der Waals surface area contributed by atoms with E-state index in [1.54, 1.807) is 0 Å². The van der Waals surface area contributed by atoms with Gasteiger partial charge in [-0.3, -0.25) is 0 Å². The minimum absolute atomic E-state index is 0.126. The Hall–Kier alpha value is -2.04. The predicted molar refractivity (Wildman–Crippen MR) is 75.0 cm³/mol. The number of fused-ring (bicyclic) bond motifs is 1. The second-order valence-corrected chi connectivity index (χ2v) is 5.32. The number of hydrogen-bond donors (Lipinski definition) is 1. The molecule has 5 nitrogen and oxygen atoms in total. The average molecular weight is 261 g/mol. The molecule has 0 atom stereocenters. The zero-order chi connectivity index (χ0) is 14.2. The summed E-state index contributed by atoms with van der Waals surface area (Å²) in [4.78, 5) is 17.5. The molecule has 2 rings (SSSR count). The standard InChI is InChI=1S/C14H19N3O2/c1-9(2)7-12-15-13(14(18)19)11-6-5-10(16(3)4)8-17(11)12/h5-6,8-9H,7H2,1-4H3,(H,18,19). The van der Waals surface area contributed by atoms with Gasteiger partial charge in [-0.15, -0.1) is 0 Å². The Kier molecular flexibility index (Phi) is 3.46. The van der Waals surface area contributed by atoms with Crippen LogP contribution < -0.4 is 4.90 Å². The molecule has 0 spiro atoms. The lowest BCUT2D eigenvalue weighted by Crippen LogP contribution is -2.10. The van der Waals surface area contributed by atoms with Crippen molar-refractivity contribution in [1.82, 2.24) is 9.38 Å². The number of nitrogens with zero attached hydrogens (tertiary/aromatic N) is 3. The molecule has 0 aliphatic carbocycles. The number of hydrogen-bond acceptors (Lipinski definition) is 3. The highest BCUT2D eigenvalue weighted by atomic mass is 16.4. The topological polar surface area (TPSA) is 57.8 Å². The highest BCUT2D eigenvalue weighted by molar-refractivity contribution is 5.93. The van der Waals surface area contributed by atoms with Crippen molar-refractivity contribution >= 4 is 17.2 Å². The maximum Gasteiger partial charge on any atom is 0.356 e. The Morgan fingerprint density at radius 3 is 2.63 bits per heavy atom. The van der Waals surface area contributed by atoms with Crippen molar-refractivity contribution in [1.29, 1.82) is 0 Å². The number of rotatable bonds is 4. The van der Waals surface area contributed by atoms with Crippen LogP contribution in [0.4, 0.5) is 5.69 Å². The van der Waals surface area contributed by atoms with Gasteiger partial charge < -0.3 is 14.4 Å². The molecule has 0 saturated heterocycles. The average Bonchev–Trinajstić information content (AvgIpc) is 2.67. The van der Waals surface area contributed by atoms with Crippen LogP contribution >= 0.6 is 0 Å². The molecule has 0 fully saturated rings. The summed E-state index contributed by atoms with van der Waals surface area (Å²) in [5, 5.41) is 9.22. The van der Waals surface area contributed by atoms with Crippen LogP contribution in [-0.2, 0) is 6.42 Å². The van der Waals surface area contributed by atoms with Gasteiger partial charge in [-0.05, 0) is 18.1 Å². The molecule has 0 bridgehead atoms. The van der Waals surface area contributed by atoms with E-state index in [-0.39, 0.29) is 5.69 Å². The van der Waals surface area contributed by atoms with E-state index in [4.69, 9.17) is 0 Å². The third-order valence-corrected chi connectivity index (χ3v) is 3.00. The molecule has 2 aromatic rings. The van der Waals surface area contributed by atoms with Crippen molar-refractivity contribution in [3.05, 3.63) is 29.8 Å². The van der Waals surface area contributed by atoms with Crippen LogP contribution in [0.25, 0.3) is 5.52 Å². The second-order valence-electron chi connectivity index (χ2n) is 5.32. The number of imidazole rings is 1. The predicted octanol–water partition coefficient (Wildman–Crippen LogP) is 2.30. The van der Waals surface area contributed by atoms with Crippen molar-refractivity contribution in [2.45, 2.75) is 20.3 Å². The maximum atomic E-state index is 11.2. The second kappa shape index (κ2) is 4.91. The van der Waals surface area contributed by atoms with Crippen LogP contribution in [0.15, 0.2) is 18.3 Å². The van der Waals surface area contributed by atoms with E-state index in [0.29, 0.717) is 11.4 Å². The fourth-order valence-corrected chi connectivity index (χ4v) is 2.07. The van der Waals surface area contributed by atoms with Crippen LogP contribution in [-0.4, -0.2) is 34.6 Å². The van der Waals surface area contributed by atoms with Crippen molar-refractivity contribution < 1.29 is 9.90 Å². The molecule has 5 heteroatoms. The Morgan fingerprint density at radius 1 is 1.42 bits per heavy atom. The highest BCUT2D eigenvalue weighted by Gasteiger charge is 2.17. The molecule has 19 heavy (non-hydrogen) atoms. The molecular weight excluding hydrogens is 242 g/mol. The molecule has 0 aromatic carbocycles. The Balaban J connectivity index is 2.65. The Morgan fingerprint density at radius 2 is 2.11 bits per heavy atom. The minimum atomic E-state index is -0.981. The van der Waals surface area contributed by atoms with Crippen LogP contribution in [0.1, 0.15) is 30.2 Å². The highest BCUT2D eigenvalue weighted by Crippen LogP contribution is 2.20. The molecular formula is C14H19N3O2. The summed E-state index contributed by atoms with van der Waals surface area (Å²) in [6.07, 6.45) is 2.69. The first-order chi connectivity index (χ1) is 8.90. The Labute approximate surface area is 112 Å². The number of carbonyl (C=O) groups is 1. The number of aromatic carboxylic acids is 1. The largest absolute Gasteiger partial charge is 0.476 e. The zero-order valence-electron chi connectivity index (χ0n) is 11.7. The van der Waals surface area contributed by atoms with E-state index in [1.807, 2.05) is 41.7 Å². The van der Waals surface area contributed by atoms with Crippen LogP contribution in [0.3, 0.4) is 0 Å². The smallest absolute Gasteiger partial charge is 0.356 e.